The van der Waals surface area contributed by atoms with Gasteiger partial charge in [0.2, 0.25) is 5.91 Å². The number of hydrogen-bond acceptors (Lipinski definition) is 4. The zero-order valence-electron chi connectivity index (χ0n) is 13.7. The third kappa shape index (κ3) is 3.69. The molecule has 0 fully saturated rings. The number of benzene rings is 1. The van der Waals surface area contributed by atoms with Crippen LogP contribution in [0.3, 0.4) is 0 Å². The second-order valence-electron chi connectivity index (χ2n) is 5.54. The number of para-hydroxylation sites is 1. The van der Waals surface area contributed by atoms with Gasteiger partial charge < -0.3 is 10.6 Å². The lowest BCUT2D eigenvalue weighted by Crippen LogP contribution is -2.33. The molecule has 2 aromatic heterocycles. The molecule has 8 heteroatoms. The second kappa shape index (κ2) is 7.02. The summed E-state index contributed by atoms with van der Waals surface area (Å²) in [5, 5.41) is 9.50. The molecule has 2 heterocycles. The number of carbonyl (C=O) groups excluding carboxylic acids is 2. The molecule has 0 aliphatic rings. The van der Waals surface area contributed by atoms with Crippen molar-refractivity contribution in [2.24, 2.45) is 0 Å². The average molecular weight is 402 g/mol. The summed E-state index contributed by atoms with van der Waals surface area (Å²) in [6, 6.07) is 9.14. The quantitative estimate of drug-likeness (QED) is 0.702. The van der Waals surface area contributed by atoms with Crippen LogP contribution in [-0.4, -0.2) is 33.0 Å². The van der Waals surface area contributed by atoms with Crippen LogP contribution in [0.25, 0.3) is 5.65 Å². The first-order valence-electron chi connectivity index (χ1n) is 7.60. The van der Waals surface area contributed by atoms with Gasteiger partial charge >= 0.3 is 0 Å². The van der Waals surface area contributed by atoms with Crippen molar-refractivity contribution in [3.8, 4) is 0 Å². The fraction of sp³-hybridized carbons (Fsp3) is 0.176. The van der Waals surface area contributed by atoms with Crippen LogP contribution in [-0.2, 0) is 4.79 Å². The van der Waals surface area contributed by atoms with Gasteiger partial charge in [0.1, 0.15) is 5.56 Å². The summed E-state index contributed by atoms with van der Waals surface area (Å²) in [5.74, 6) is -0.716. The first-order chi connectivity index (χ1) is 12.0. The van der Waals surface area contributed by atoms with Crippen molar-refractivity contribution >= 4 is 39.1 Å². The highest BCUT2D eigenvalue weighted by molar-refractivity contribution is 9.10. The molecule has 0 saturated heterocycles. The lowest BCUT2D eigenvalue weighted by molar-refractivity contribution is -0.115. The zero-order chi connectivity index (χ0) is 18.0. The lowest BCUT2D eigenvalue weighted by Gasteiger charge is -2.08. The highest BCUT2D eigenvalue weighted by Crippen LogP contribution is 2.20. The molecule has 1 aromatic carbocycles. The summed E-state index contributed by atoms with van der Waals surface area (Å²) < 4.78 is 2.37. The Morgan fingerprint density at radius 1 is 1.24 bits per heavy atom. The van der Waals surface area contributed by atoms with Gasteiger partial charge in [-0.1, -0.05) is 12.1 Å². The Balaban J connectivity index is 1.69. The van der Waals surface area contributed by atoms with Crippen molar-refractivity contribution in [1.82, 2.24) is 19.9 Å². The Morgan fingerprint density at radius 2 is 2.00 bits per heavy atom. The van der Waals surface area contributed by atoms with Gasteiger partial charge in [0.05, 0.1) is 18.4 Å². The Morgan fingerprint density at radius 3 is 2.76 bits per heavy atom. The van der Waals surface area contributed by atoms with Gasteiger partial charge in [0.15, 0.2) is 5.65 Å². The third-order valence-electron chi connectivity index (χ3n) is 3.58. The van der Waals surface area contributed by atoms with Crippen LogP contribution in [0.1, 0.15) is 21.7 Å². The maximum atomic E-state index is 12.4. The predicted molar refractivity (Wildman–Crippen MR) is 97.6 cm³/mol. The van der Waals surface area contributed by atoms with E-state index in [0.717, 1.165) is 15.9 Å². The van der Waals surface area contributed by atoms with Crippen molar-refractivity contribution in [3.05, 3.63) is 58.0 Å². The number of hydrogen-bond donors (Lipinski definition) is 2. The number of carbonyl (C=O) groups is 2. The van der Waals surface area contributed by atoms with E-state index in [2.05, 4.69) is 36.6 Å². The van der Waals surface area contributed by atoms with Crippen molar-refractivity contribution in [3.63, 3.8) is 0 Å². The van der Waals surface area contributed by atoms with Crippen molar-refractivity contribution < 1.29 is 9.59 Å². The number of fused-ring (bicyclic) bond motifs is 1. The molecule has 0 bridgehead atoms. The van der Waals surface area contributed by atoms with Gasteiger partial charge in [-0.05, 0) is 48.0 Å². The van der Waals surface area contributed by atoms with Gasteiger partial charge in [0, 0.05) is 15.9 Å². The molecule has 3 rings (SSSR count). The number of halogens is 1. The minimum absolute atomic E-state index is 0.150. The van der Waals surface area contributed by atoms with Gasteiger partial charge in [-0.25, -0.2) is 9.50 Å². The topological polar surface area (TPSA) is 88.4 Å². The Bertz CT molecular complexity index is 967. The van der Waals surface area contributed by atoms with Crippen LogP contribution in [0.4, 0.5) is 5.69 Å². The van der Waals surface area contributed by atoms with E-state index in [1.54, 1.807) is 10.6 Å². The second-order valence-corrected chi connectivity index (χ2v) is 6.40. The molecule has 0 unspecified atom stereocenters. The Kier molecular flexibility index (Phi) is 4.80. The molecule has 128 valence electrons. The predicted octanol–water partition coefficient (Wildman–Crippen LogP) is 2.48. The molecule has 0 aliphatic heterocycles. The minimum Gasteiger partial charge on any atom is -0.343 e. The normalized spacial score (nSPS) is 10.7. The molecule has 0 saturated carbocycles. The van der Waals surface area contributed by atoms with Crippen molar-refractivity contribution in [2.45, 2.75) is 13.8 Å². The van der Waals surface area contributed by atoms with E-state index in [1.807, 2.05) is 38.1 Å². The summed E-state index contributed by atoms with van der Waals surface area (Å²) in [4.78, 5) is 28.8. The maximum absolute atomic E-state index is 12.4. The molecule has 0 aliphatic carbocycles. The number of amides is 2. The molecule has 25 heavy (non-hydrogen) atoms. The summed E-state index contributed by atoms with van der Waals surface area (Å²) in [6.07, 6.45) is 1.45. The molecular weight excluding hydrogens is 386 g/mol. The molecule has 2 N–H and O–H groups in total. The van der Waals surface area contributed by atoms with Crippen molar-refractivity contribution in [1.29, 1.82) is 0 Å². The van der Waals surface area contributed by atoms with E-state index in [1.165, 1.54) is 6.20 Å². The van der Waals surface area contributed by atoms with Crippen LogP contribution in [0.15, 0.2) is 41.0 Å². The zero-order valence-corrected chi connectivity index (χ0v) is 15.3. The standard InChI is InChI=1S/C17H16BrN5O2/c1-10-7-11(2)23-16(21-10)12(8-20-23)17(25)19-9-15(24)22-14-6-4-3-5-13(14)18/h3-8H,9H2,1-2H3,(H,19,25)(H,22,24). The molecule has 7 nitrogen and oxygen atoms in total. The average Bonchev–Trinajstić information content (AvgIpc) is 2.99. The first kappa shape index (κ1) is 17.1. The molecule has 3 aromatic rings. The summed E-state index contributed by atoms with van der Waals surface area (Å²) in [5.41, 5.74) is 3.13. The number of rotatable bonds is 4. The highest BCUT2D eigenvalue weighted by atomic mass is 79.9. The smallest absolute Gasteiger partial charge is 0.257 e. The number of aromatic nitrogens is 3. The summed E-state index contributed by atoms with van der Waals surface area (Å²) in [7, 11) is 0. The number of nitrogens with one attached hydrogen (secondary N) is 2. The molecule has 0 radical (unpaired) electrons. The summed E-state index contributed by atoms with van der Waals surface area (Å²) >= 11 is 3.36. The molecule has 0 atom stereocenters. The van der Waals surface area contributed by atoms with Gasteiger partial charge in [-0.2, -0.15) is 5.10 Å². The third-order valence-corrected chi connectivity index (χ3v) is 4.27. The van der Waals surface area contributed by atoms with Crippen molar-refractivity contribution in [2.75, 3.05) is 11.9 Å². The molecule has 0 spiro atoms. The van der Waals surface area contributed by atoms with E-state index >= 15 is 0 Å². The fourth-order valence-corrected chi connectivity index (χ4v) is 2.83. The Hall–Kier alpha value is -2.74. The lowest BCUT2D eigenvalue weighted by atomic mass is 10.3. The van der Waals surface area contributed by atoms with E-state index in [9.17, 15) is 9.59 Å². The SMILES string of the molecule is Cc1cc(C)n2ncc(C(=O)NCC(=O)Nc3ccccc3Br)c2n1. The summed E-state index contributed by atoms with van der Waals surface area (Å²) in [6.45, 7) is 3.59. The highest BCUT2D eigenvalue weighted by Gasteiger charge is 2.16. The van der Waals surface area contributed by atoms with E-state index in [0.29, 0.717) is 16.9 Å². The maximum Gasteiger partial charge on any atom is 0.257 e. The van der Waals surface area contributed by atoms with Gasteiger partial charge in [-0.3, -0.25) is 9.59 Å². The van der Waals surface area contributed by atoms with Gasteiger partial charge in [-0.15, -0.1) is 0 Å². The van der Waals surface area contributed by atoms with E-state index in [-0.39, 0.29) is 12.5 Å². The molecular formula is C17H16BrN5O2. The molecule has 2 amide bonds. The van der Waals surface area contributed by atoms with Crippen LogP contribution in [0.5, 0.6) is 0 Å². The van der Waals surface area contributed by atoms with E-state index < -0.39 is 5.91 Å². The van der Waals surface area contributed by atoms with Crippen LogP contribution in [0.2, 0.25) is 0 Å². The largest absolute Gasteiger partial charge is 0.343 e. The first-order valence-corrected chi connectivity index (χ1v) is 8.39. The van der Waals surface area contributed by atoms with E-state index in [4.69, 9.17) is 0 Å². The van der Waals surface area contributed by atoms with Crippen LogP contribution >= 0.6 is 15.9 Å². The minimum atomic E-state index is -0.394. The van der Waals surface area contributed by atoms with Gasteiger partial charge in [0.25, 0.3) is 5.91 Å². The number of anilines is 1. The Labute approximate surface area is 152 Å². The fourth-order valence-electron chi connectivity index (χ4n) is 2.44. The van der Waals surface area contributed by atoms with Crippen LogP contribution < -0.4 is 10.6 Å². The monoisotopic (exact) mass is 401 g/mol. The van der Waals surface area contributed by atoms with Crippen LogP contribution in [0, 0.1) is 13.8 Å². The number of nitrogens with zero attached hydrogens (tertiary/aromatic N) is 3. The number of aryl methyl sites for hydroxylation is 2.